The lowest BCUT2D eigenvalue weighted by Gasteiger charge is -2.24. The van der Waals surface area contributed by atoms with E-state index >= 15 is 0 Å². The van der Waals surface area contributed by atoms with E-state index in [2.05, 4.69) is 59.4 Å². The van der Waals surface area contributed by atoms with Crippen molar-refractivity contribution >= 4 is 15.9 Å². The van der Waals surface area contributed by atoms with Gasteiger partial charge in [0.1, 0.15) is 0 Å². The van der Waals surface area contributed by atoms with Crippen molar-refractivity contribution in [2.24, 2.45) is 11.8 Å². The third kappa shape index (κ3) is 5.27. The van der Waals surface area contributed by atoms with E-state index in [1.165, 1.54) is 48.7 Å². The van der Waals surface area contributed by atoms with Crippen LogP contribution in [-0.4, -0.2) is 12.6 Å². The molecule has 2 unspecified atom stereocenters. The Morgan fingerprint density at radius 2 is 1.95 bits per heavy atom. The highest BCUT2D eigenvalue weighted by atomic mass is 79.9. The van der Waals surface area contributed by atoms with Crippen LogP contribution in [0.25, 0.3) is 0 Å². The zero-order valence-corrected chi connectivity index (χ0v) is 13.7. The predicted octanol–water partition coefficient (Wildman–Crippen LogP) is 4.80. The summed E-state index contributed by atoms with van der Waals surface area (Å²) in [5.74, 6) is 1.57. The van der Waals surface area contributed by atoms with Crippen LogP contribution in [0.3, 0.4) is 0 Å². The molecule has 19 heavy (non-hydrogen) atoms. The van der Waals surface area contributed by atoms with E-state index in [9.17, 15) is 0 Å². The second-order valence-corrected chi connectivity index (χ2v) is 6.95. The molecule has 1 saturated carbocycles. The molecule has 1 fully saturated rings. The third-order valence-electron chi connectivity index (χ3n) is 4.21. The SMILES string of the molecule is CCCC(C)C(CNC1CC1)Cc1ccc(Br)cc1. The van der Waals surface area contributed by atoms with Gasteiger partial charge in [0, 0.05) is 10.5 Å². The van der Waals surface area contributed by atoms with Crippen LogP contribution < -0.4 is 5.32 Å². The minimum atomic E-state index is 0.765. The molecule has 1 aliphatic carbocycles. The van der Waals surface area contributed by atoms with Crippen LogP contribution >= 0.6 is 15.9 Å². The largest absolute Gasteiger partial charge is 0.314 e. The first-order chi connectivity index (χ1) is 9.19. The number of hydrogen-bond donors (Lipinski definition) is 1. The maximum atomic E-state index is 3.72. The summed E-state index contributed by atoms with van der Waals surface area (Å²) in [6.45, 7) is 5.89. The Morgan fingerprint density at radius 1 is 1.26 bits per heavy atom. The highest BCUT2D eigenvalue weighted by Gasteiger charge is 2.24. The molecule has 2 atom stereocenters. The van der Waals surface area contributed by atoms with Crippen LogP contribution in [0.1, 0.15) is 45.1 Å². The summed E-state index contributed by atoms with van der Waals surface area (Å²) in [6.07, 6.45) is 6.60. The van der Waals surface area contributed by atoms with Crippen molar-refractivity contribution < 1.29 is 0 Å². The molecule has 1 aromatic carbocycles. The van der Waals surface area contributed by atoms with Gasteiger partial charge in [-0.25, -0.2) is 0 Å². The molecular weight excluding hydrogens is 298 g/mol. The van der Waals surface area contributed by atoms with Gasteiger partial charge in [-0.3, -0.25) is 0 Å². The Bertz CT molecular complexity index is 369. The number of benzene rings is 1. The van der Waals surface area contributed by atoms with Crippen molar-refractivity contribution in [3.05, 3.63) is 34.3 Å². The third-order valence-corrected chi connectivity index (χ3v) is 4.73. The summed E-state index contributed by atoms with van der Waals surface area (Å²) in [5.41, 5.74) is 1.47. The highest BCUT2D eigenvalue weighted by Crippen LogP contribution is 2.25. The maximum Gasteiger partial charge on any atom is 0.0175 e. The monoisotopic (exact) mass is 323 g/mol. The van der Waals surface area contributed by atoms with Gasteiger partial charge >= 0.3 is 0 Å². The van der Waals surface area contributed by atoms with Crippen molar-refractivity contribution in [2.45, 2.75) is 52.0 Å². The van der Waals surface area contributed by atoms with Gasteiger partial charge in [-0.1, -0.05) is 54.8 Å². The first-order valence-electron chi connectivity index (χ1n) is 7.67. The van der Waals surface area contributed by atoms with Crippen molar-refractivity contribution in [2.75, 3.05) is 6.54 Å². The predicted molar refractivity (Wildman–Crippen MR) is 86.4 cm³/mol. The molecule has 0 amide bonds. The molecule has 0 aliphatic heterocycles. The molecule has 2 rings (SSSR count). The zero-order chi connectivity index (χ0) is 13.7. The van der Waals surface area contributed by atoms with Gasteiger partial charge in [0.05, 0.1) is 0 Å². The van der Waals surface area contributed by atoms with Crippen LogP contribution in [0, 0.1) is 11.8 Å². The Balaban J connectivity index is 1.92. The fraction of sp³-hybridized carbons (Fsp3) is 0.647. The molecule has 106 valence electrons. The number of hydrogen-bond acceptors (Lipinski definition) is 1. The Labute approximate surface area is 126 Å². The highest BCUT2D eigenvalue weighted by molar-refractivity contribution is 9.10. The fourth-order valence-corrected chi connectivity index (χ4v) is 2.96. The van der Waals surface area contributed by atoms with Crippen LogP contribution in [0.5, 0.6) is 0 Å². The Hall–Kier alpha value is -0.340. The summed E-state index contributed by atoms with van der Waals surface area (Å²) >= 11 is 3.51. The molecule has 0 bridgehead atoms. The van der Waals surface area contributed by atoms with E-state index in [1.54, 1.807) is 0 Å². The van der Waals surface area contributed by atoms with Gasteiger partial charge in [-0.2, -0.15) is 0 Å². The average molecular weight is 324 g/mol. The molecule has 0 aromatic heterocycles. The summed E-state index contributed by atoms with van der Waals surface area (Å²) in [5, 5.41) is 3.72. The van der Waals surface area contributed by atoms with Crippen LogP contribution in [-0.2, 0) is 6.42 Å². The second-order valence-electron chi connectivity index (χ2n) is 6.04. The molecule has 2 heteroatoms. The average Bonchev–Trinajstić information content (AvgIpc) is 3.21. The topological polar surface area (TPSA) is 12.0 Å². The van der Waals surface area contributed by atoms with E-state index in [1.807, 2.05) is 0 Å². The quantitative estimate of drug-likeness (QED) is 0.724. The van der Waals surface area contributed by atoms with Crippen molar-refractivity contribution in [3.63, 3.8) is 0 Å². The van der Waals surface area contributed by atoms with Gasteiger partial charge < -0.3 is 5.32 Å². The van der Waals surface area contributed by atoms with E-state index in [0.29, 0.717) is 0 Å². The number of halogens is 1. The summed E-state index contributed by atoms with van der Waals surface area (Å²) in [6, 6.07) is 9.65. The van der Waals surface area contributed by atoms with Gasteiger partial charge in [0.25, 0.3) is 0 Å². The van der Waals surface area contributed by atoms with Crippen molar-refractivity contribution in [1.82, 2.24) is 5.32 Å². The second kappa shape index (κ2) is 7.44. The molecule has 1 aliphatic rings. The van der Waals surface area contributed by atoms with Gasteiger partial charge in [-0.05, 0) is 55.3 Å². The lowest BCUT2D eigenvalue weighted by atomic mass is 9.85. The first-order valence-corrected chi connectivity index (χ1v) is 8.46. The molecule has 0 heterocycles. The lowest BCUT2D eigenvalue weighted by molar-refractivity contribution is 0.317. The minimum absolute atomic E-state index is 0.765. The Kier molecular flexibility index (Phi) is 5.90. The fourth-order valence-electron chi connectivity index (χ4n) is 2.69. The van der Waals surface area contributed by atoms with Gasteiger partial charge in [-0.15, -0.1) is 0 Å². The molecule has 0 saturated heterocycles. The first kappa shape index (κ1) is 15.1. The maximum absolute atomic E-state index is 3.72. The molecule has 0 spiro atoms. The van der Waals surface area contributed by atoms with Crippen molar-refractivity contribution in [3.8, 4) is 0 Å². The normalized spacial score (nSPS) is 18.3. The van der Waals surface area contributed by atoms with Crippen LogP contribution in [0.15, 0.2) is 28.7 Å². The molecule has 0 radical (unpaired) electrons. The van der Waals surface area contributed by atoms with Crippen LogP contribution in [0.2, 0.25) is 0 Å². The molecule has 1 nitrogen and oxygen atoms in total. The standard InChI is InChI=1S/C17H26BrN/c1-3-4-13(2)15(12-19-17-9-10-17)11-14-5-7-16(18)8-6-14/h5-8,13,15,17,19H,3-4,9-12H2,1-2H3. The van der Waals surface area contributed by atoms with E-state index in [4.69, 9.17) is 0 Å². The molecule has 1 aromatic rings. The van der Waals surface area contributed by atoms with E-state index < -0.39 is 0 Å². The molecular formula is C17H26BrN. The number of nitrogens with one attached hydrogen (secondary N) is 1. The van der Waals surface area contributed by atoms with E-state index in [0.717, 1.165) is 17.9 Å². The van der Waals surface area contributed by atoms with Gasteiger partial charge in [0.15, 0.2) is 0 Å². The summed E-state index contributed by atoms with van der Waals surface area (Å²) < 4.78 is 1.17. The Morgan fingerprint density at radius 3 is 2.53 bits per heavy atom. The summed E-state index contributed by atoms with van der Waals surface area (Å²) in [4.78, 5) is 0. The van der Waals surface area contributed by atoms with Gasteiger partial charge in [0.2, 0.25) is 0 Å². The van der Waals surface area contributed by atoms with Crippen LogP contribution in [0.4, 0.5) is 0 Å². The smallest absolute Gasteiger partial charge is 0.0175 e. The number of rotatable bonds is 8. The summed E-state index contributed by atoms with van der Waals surface area (Å²) in [7, 11) is 0. The minimum Gasteiger partial charge on any atom is -0.314 e. The van der Waals surface area contributed by atoms with Crippen molar-refractivity contribution in [1.29, 1.82) is 0 Å². The lowest BCUT2D eigenvalue weighted by Crippen LogP contribution is -2.30. The zero-order valence-electron chi connectivity index (χ0n) is 12.2. The molecule has 1 N–H and O–H groups in total. The van der Waals surface area contributed by atoms with E-state index in [-0.39, 0.29) is 0 Å².